The molecule has 1 aliphatic rings. The third-order valence-electron chi connectivity index (χ3n) is 2.44. The smallest absolute Gasteiger partial charge is 0.306 e. The Morgan fingerprint density at radius 2 is 2.31 bits per heavy atom. The number of rotatable bonds is 3. The molecule has 2 nitrogen and oxygen atoms in total. The first-order chi connectivity index (χ1) is 6.02. The second-order valence-corrected chi connectivity index (χ2v) is 4.24. The van der Waals surface area contributed by atoms with E-state index in [2.05, 4.69) is 19.9 Å². The Morgan fingerprint density at radius 3 is 2.77 bits per heavy atom. The van der Waals surface area contributed by atoms with E-state index in [1.165, 1.54) is 5.57 Å². The van der Waals surface area contributed by atoms with Gasteiger partial charge in [-0.1, -0.05) is 11.6 Å². The van der Waals surface area contributed by atoms with Crippen LogP contribution >= 0.6 is 0 Å². The maximum atomic E-state index is 10.9. The van der Waals surface area contributed by atoms with Gasteiger partial charge >= 0.3 is 5.97 Å². The summed E-state index contributed by atoms with van der Waals surface area (Å²) in [6.45, 7) is 6.20. The molecule has 0 aromatic heterocycles. The largest absolute Gasteiger partial charge is 0.459 e. The highest BCUT2D eigenvalue weighted by Gasteiger charge is 2.34. The van der Waals surface area contributed by atoms with Crippen LogP contribution in [0.25, 0.3) is 0 Å². The SMILES string of the molecule is CC(C)=CCC[C@@]1(C)CCC(=O)O1. The van der Waals surface area contributed by atoms with Crippen molar-refractivity contribution in [2.24, 2.45) is 0 Å². The van der Waals surface area contributed by atoms with E-state index in [-0.39, 0.29) is 11.6 Å². The van der Waals surface area contributed by atoms with Crippen molar-refractivity contribution in [2.45, 2.75) is 52.1 Å². The minimum atomic E-state index is -0.191. The lowest BCUT2D eigenvalue weighted by Crippen LogP contribution is -2.23. The van der Waals surface area contributed by atoms with Crippen LogP contribution in [0.2, 0.25) is 0 Å². The van der Waals surface area contributed by atoms with Crippen molar-refractivity contribution in [3.05, 3.63) is 11.6 Å². The summed E-state index contributed by atoms with van der Waals surface area (Å²) in [5, 5.41) is 0. The van der Waals surface area contributed by atoms with Crippen molar-refractivity contribution >= 4 is 5.97 Å². The van der Waals surface area contributed by atoms with Gasteiger partial charge in [-0.3, -0.25) is 4.79 Å². The Morgan fingerprint density at radius 1 is 1.62 bits per heavy atom. The summed E-state index contributed by atoms with van der Waals surface area (Å²) in [6, 6.07) is 0. The summed E-state index contributed by atoms with van der Waals surface area (Å²) >= 11 is 0. The van der Waals surface area contributed by atoms with E-state index in [9.17, 15) is 4.79 Å². The number of esters is 1. The third kappa shape index (κ3) is 3.21. The minimum Gasteiger partial charge on any atom is -0.459 e. The monoisotopic (exact) mass is 182 g/mol. The van der Waals surface area contributed by atoms with Crippen LogP contribution in [0.15, 0.2) is 11.6 Å². The van der Waals surface area contributed by atoms with Gasteiger partial charge < -0.3 is 4.74 Å². The zero-order chi connectivity index (χ0) is 9.90. The molecule has 1 heterocycles. The highest BCUT2D eigenvalue weighted by Crippen LogP contribution is 2.30. The number of cyclic esters (lactones) is 1. The van der Waals surface area contributed by atoms with Crippen LogP contribution < -0.4 is 0 Å². The summed E-state index contributed by atoms with van der Waals surface area (Å²) in [7, 11) is 0. The van der Waals surface area contributed by atoms with Crippen molar-refractivity contribution in [1.82, 2.24) is 0 Å². The highest BCUT2D eigenvalue weighted by molar-refractivity contribution is 5.72. The molecule has 0 aromatic carbocycles. The normalized spacial score (nSPS) is 27.2. The number of hydrogen-bond acceptors (Lipinski definition) is 2. The average molecular weight is 182 g/mol. The molecule has 0 aliphatic carbocycles. The van der Waals surface area contributed by atoms with Crippen LogP contribution in [0.4, 0.5) is 0 Å². The van der Waals surface area contributed by atoms with Gasteiger partial charge in [0, 0.05) is 6.42 Å². The van der Waals surface area contributed by atoms with Gasteiger partial charge in [0.25, 0.3) is 0 Å². The number of ether oxygens (including phenoxy) is 1. The molecule has 1 aliphatic heterocycles. The lowest BCUT2D eigenvalue weighted by Gasteiger charge is -2.21. The second kappa shape index (κ2) is 3.95. The van der Waals surface area contributed by atoms with E-state index in [4.69, 9.17) is 4.74 Å². The van der Waals surface area contributed by atoms with Gasteiger partial charge in [0.05, 0.1) is 0 Å². The van der Waals surface area contributed by atoms with E-state index in [0.717, 1.165) is 19.3 Å². The predicted molar refractivity (Wildman–Crippen MR) is 52.4 cm³/mol. The molecule has 1 rings (SSSR count). The molecule has 0 radical (unpaired) electrons. The number of hydrogen-bond donors (Lipinski definition) is 0. The number of carbonyl (C=O) groups excluding carboxylic acids is 1. The van der Waals surface area contributed by atoms with Crippen molar-refractivity contribution in [3.63, 3.8) is 0 Å². The van der Waals surface area contributed by atoms with E-state index in [1.54, 1.807) is 0 Å². The maximum absolute atomic E-state index is 10.9. The van der Waals surface area contributed by atoms with Crippen LogP contribution in [-0.4, -0.2) is 11.6 Å². The Balaban J connectivity index is 2.36. The first kappa shape index (κ1) is 10.3. The van der Waals surface area contributed by atoms with E-state index in [0.29, 0.717) is 6.42 Å². The fraction of sp³-hybridized carbons (Fsp3) is 0.727. The molecule has 2 heteroatoms. The first-order valence-corrected chi connectivity index (χ1v) is 4.87. The van der Waals surface area contributed by atoms with Crippen LogP contribution in [0.1, 0.15) is 46.5 Å². The first-order valence-electron chi connectivity index (χ1n) is 4.87. The summed E-state index contributed by atoms with van der Waals surface area (Å²) in [5.41, 5.74) is 1.14. The molecule has 74 valence electrons. The number of allylic oxidation sites excluding steroid dienone is 2. The van der Waals surface area contributed by atoms with E-state index in [1.807, 2.05) is 6.92 Å². The fourth-order valence-electron chi connectivity index (χ4n) is 1.59. The van der Waals surface area contributed by atoms with Crippen molar-refractivity contribution in [3.8, 4) is 0 Å². The van der Waals surface area contributed by atoms with Gasteiger partial charge in [-0.2, -0.15) is 0 Å². The predicted octanol–water partition coefficient (Wildman–Crippen LogP) is 2.83. The van der Waals surface area contributed by atoms with Crippen LogP contribution in [0.5, 0.6) is 0 Å². The lowest BCUT2D eigenvalue weighted by molar-refractivity contribution is -0.147. The average Bonchev–Trinajstić information content (AvgIpc) is 2.30. The molecule has 1 fully saturated rings. The standard InChI is InChI=1S/C11H18O2/c1-9(2)5-4-7-11(3)8-6-10(12)13-11/h5H,4,6-8H2,1-3H3/t11-/m0/s1. The molecular weight excluding hydrogens is 164 g/mol. The molecule has 0 aromatic rings. The van der Waals surface area contributed by atoms with Gasteiger partial charge in [0.2, 0.25) is 0 Å². The topological polar surface area (TPSA) is 26.3 Å². The molecule has 0 N–H and O–H groups in total. The zero-order valence-corrected chi connectivity index (χ0v) is 8.72. The van der Waals surface area contributed by atoms with Gasteiger partial charge in [0.1, 0.15) is 5.60 Å². The zero-order valence-electron chi connectivity index (χ0n) is 8.72. The molecule has 1 atom stereocenters. The number of carbonyl (C=O) groups is 1. The Hall–Kier alpha value is -0.790. The molecule has 1 saturated heterocycles. The van der Waals surface area contributed by atoms with Crippen molar-refractivity contribution in [1.29, 1.82) is 0 Å². The molecule has 0 saturated carbocycles. The van der Waals surface area contributed by atoms with Gasteiger partial charge in [-0.05, 0) is 40.0 Å². The Labute approximate surface area is 80.0 Å². The molecule has 0 bridgehead atoms. The highest BCUT2D eigenvalue weighted by atomic mass is 16.6. The van der Waals surface area contributed by atoms with E-state index >= 15 is 0 Å². The molecule has 13 heavy (non-hydrogen) atoms. The Bertz CT molecular complexity index is 226. The molecular formula is C11H18O2. The molecule has 0 unspecified atom stereocenters. The quantitative estimate of drug-likeness (QED) is 0.495. The van der Waals surface area contributed by atoms with E-state index < -0.39 is 0 Å². The maximum Gasteiger partial charge on any atom is 0.306 e. The summed E-state index contributed by atoms with van der Waals surface area (Å²) < 4.78 is 5.26. The summed E-state index contributed by atoms with van der Waals surface area (Å²) in [5.74, 6) is -0.0419. The molecule has 0 amide bonds. The lowest BCUT2D eigenvalue weighted by atomic mass is 9.96. The summed E-state index contributed by atoms with van der Waals surface area (Å²) in [6.07, 6.45) is 5.61. The minimum absolute atomic E-state index is 0.0419. The van der Waals surface area contributed by atoms with Crippen LogP contribution in [-0.2, 0) is 9.53 Å². The van der Waals surface area contributed by atoms with Crippen molar-refractivity contribution < 1.29 is 9.53 Å². The van der Waals surface area contributed by atoms with Gasteiger partial charge in [-0.25, -0.2) is 0 Å². The van der Waals surface area contributed by atoms with Crippen molar-refractivity contribution in [2.75, 3.05) is 0 Å². The van der Waals surface area contributed by atoms with Crippen LogP contribution in [0, 0.1) is 0 Å². The van der Waals surface area contributed by atoms with Crippen LogP contribution in [0.3, 0.4) is 0 Å². The summed E-state index contributed by atoms with van der Waals surface area (Å²) in [4.78, 5) is 10.9. The van der Waals surface area contributed by atoms with Gasteiger partial charge in [-0.15, -0.1) is 0 Å². The second-order valence-electron chi connectivity index (χ2n) is 4.24. The Kier molecular flexibility index (Phi) is 3.12. The third-order valence-corrected chi connectivity index (χ3v) is 2.44. The molecule has 0 spiro atoms. The van der Waals surface area contributed by atoms with Gasteiger partial charge in [0.15, 0.2) is 0 Å². The fourth-order valence-corrected chi connectivity index (χ4v) is 1.59.